The quantitative estimate of drug-likeness (QED) is 0.557. The average molecular weight is 237 g/mol. The van der Waals surface area contributed by atoms with Crippen molar-refractivity contribution in [3.8, 4) is 0 Å². The van der Waals surface area contributed by atoms with Crippen molar-refractivity contribution >= 4 is 12.6 Å². The maximum absolute atomic E-state index is 11.1. The number of carbonyl (C=O) groups is 1. The molecule has 0 aromatic heterocycles. The summed E-state index contributed by atoms with van der Waals surface area (Å²) in [5, 5.41) is 0. The van der Waals surface area contributed by atoms with Gasteiger partial charge in [0.25, 0.3) is 0 Å². The van der Waals surface area contributed by atoms with Crippen LogP contribution in [0.5, 0.6) is 0 Å². The molecule has 1 aromatic carbocycles. The van der Waals surface area contributed by atoms with E-state index in [4.69, 9.17) is 4.74 Å². The molecule has 0 aliphatic carbocycles. The van der Waals surface area contributed by atoms with Gasteiger partial charge in [-0.05, 0) is 5.56 Å². The molecule has 0 N–H and O–H groups in total. The van der Waals surface area contributed by atoms with E-state index >= 15 is 0 Å². The van der Waals surface area contributed by atoms with E-state index in [1.54, 1.807) is 0 Å². The SMILES string of the molecule is CC(O[C]=O)OC(=O)OCCc1ccccc1. The second kappa shape index (κ2) is 7.27. The van der Waals surface area contributed by atoms with Crippen molar-refractivity contribution in [1.29, 1.82) is 0 Å². The Morgan fingerprint density at radius 2 is 2.06 bits per heavy atom. The Morgan fingerprint density at radius 3 is 2.71 bits per heavy atom. The van der Waals surface area contributed by atoms with E-state index in [1.165, 1.54) is 13.4 Å². The Kier molecular flexibility index (Phi) is 5.57. The lowest BCUT2D eigenvalue weighted by molar-refractivity contribution is -0.0603. The molecule has 0 saturated carbocycles. The largest absolute Gasteiger partial charge is 0.511 e. The van der Waals surface area contributed by atoms with E-state index in [-0.39, 0.29) is 6.61 Å². The van der Waals surface area contributed by atoms with Crippen LogP contribution in [0, 0.1) is 0 Å². The average Bonchev–Trinajstić information content (AvgIpc) is 2.30. The van der Waals surface area contributed by atoms with Crippen molar-refractivity contribution in [2.24, 2.45) is 0 Å². The van der Waals surface area contributed by atoms with Gasteiger partial charge in [0.05, 0.1) is 6.61 Å². The van der Waals surface area contributed by atoms with E-state index in [9.17, 15) is 9.59 Å². The van der Waals surface area contributed by atoms with Crippen LogP contribution in [0.4, 0.5) is 4.79 Å². The third kappa shape index (κ3) is 5.55. The van der Waals surface area contributed by atoms with Gasteiger partial charge in [0, 0.05) is 13.3 Å². The minimum atomic E-state index is -0.989. The van der Waals surface area contributed by atoms with Crippen molar-refractivity contribution in [1.82, 2.24) is 0 Å². The zero-order chi connectivity index (χ0) is 12.5. The summed E-state index contributed by atoms with van der Waals surface area (Å²) < 4.78 is 13.6. The smallest absolute Gasteiger partial charge is 0.434 e. The summed E-state index contributed by atoms with van der Waals surface area (Å²) in [6.07, 6.45) is -1.26. The predicted molar refractivity (Wildman–Crippen MR) is 58.8 cm³/mol. The van der Waals surface area contributed by atoms with Crippen LogP contribution >= 0.6 is 0 Å². The van der Waals surface area contributed by atoms with Gasteiger partial charge >= 0.3 is 12.6 Å². The number of hydrogen-bond donors (Lipinski definition) is 0. The second-order valence-corrected chi connectivity index (χ2v) is 3.22. The van der Waals surface area contributed by atoms with Gasteiger partial charge in [-0.2, -0.15) is 0 Å². The highest BCUT2D eigenvalue weighted by Gasteiger charge is 2.10. The van der Waals surface area contributed by atoms with Crippen molar-refractivity contribution < 1.29 is 23.8 Å². The molecule has 0 aliphatic rings. The Labute approximate surface area is 99.3 Å². The molecule has 1 unspecified atom stereocenters. The zero-order valence-corrected chi connectivity index (χ0v) is 9.42. The van der Waals surface area contributed by atoms with Crippen LogP contribution in [-0.2, 0) is 25.4 Å². The van der Waals surface area contributed by atoms with Crippen LogP contribution in [0.3, 0.4) is 0 Å². The van der Waals surface area contributed by atoms with Gasteiger partial charge in [0.1, 0.15) is 0 Å². The van der Waals surface area contributed by atoms with Crippen molar-refractivity contribution in [3.63, 3.8) is 0 Å². The number of ether oxygens (including phenoxy) is 3. The number of carbonyl (C=O) groups excluding carboxylic acids is 2. The standard InChI is InChI=1S/C12H13O5/c1-10(16-9-13)17-12(14)15-8-7-11-5-3-2-4-6-11/h2-6,10H,7-8H2,1H3. The van der Waals surface area contributed by atoms with Crippen LogP contribution in [0.2, 0.25) is 0 Å². The highest BCUT2D eigenvalue weighted by Crippen LogP contribution is 2.01. The predicted octanol–water partition coefficient (Wildman–Crippen LogP) is 1.81. The van der Waals surface area contributed by atoms with Crippen LogP contribution in [0.1, 0.15) is 12.5 Å². The lowest BCUT2D eigenvalue weighted by Gasteiger charge is -2.10. The summed E-state index contributed by atoms with van der Waals surface area (Å²) in [6, 6.07) is 9.59. The van der Waals surface area contributed by atoms with Crippen LogP contribution in [0.15, 0.2) is 30.3 Å². The molecule has 1 radical (unpaired) electrons. The normalized spacial score (nSPS) is 11.4. The Morgan fingerprint density at radius 1 is 1.35 bits per heavy atom. The highest BCUT2D eigenvalue weighted by molar-refractivity contribution is 5.60. The topological polar surface area (TPSA) is 61.8 Å². The molecule has 0 spiro atoms. The first-order valence-corrected chi connectivity index (χ1v) is 5.12. The highest BCUT2D eigenvalue weighted by atomic mass is 16.8. The maximum atomic E-state index is 11.1. The van der Waals surface area contributed by atoms with Crippen LogP contribution in [-0.4, -0.2) is 25.5 Å². The number of rotatable bonds is 6. The molecule has 5 heteroatoms. The van der Waals surface area contributed by atoms with Gasteiger partial charge in [-0.1, -0.05) is 30.3 Å². The fourth-order valence-corrected chi connectivity index (χ4v) is 1.16. The maximum Gasteiger partial charge on any atom is 0.511 e. The number of benzene rings is 1. The van der Waals surface area contributed by atoms with Gasteiger partial charge in [0.15, 0.2) is 0 Å². The van der Waals surface area contributed by atoms with E-state index < -0.39 is 12.4 Å². The summed E-state index contributed by atoms with van der Waals surface area (Å²) >= 11 is 0. The first kappa shape index (κ1) is 13.0. The van der Waals surface area contributed by atoms with E-state index in [0.717, 1.165) is 5.56 Å². The first-order valence-electron chi connectivity index (χ1n) is 5.12. The van der Waals surface area contributed by atoms with Crippen molar-refractivity contribution in [2.45, 2.75) is 19.6 Å². The van der Waals surface area contributed by atoms with E-state index in [1.807, 2.05) is 30.3 Å². The Balaban J connectivity index is 2.18. The first-order chi connectivity index (χ1) is 8.22. The summed E-state index contributed by atoms with van der Waals surface area (Å²) in [5.74, 6) is 0. The van der Waals surface area contributed by atoms with Gasteiger partial charge in [-0.25, -0.2) is 9.59 Å². The van der Waals surface area contributed by atoms with Crippen LogP contribution in [0.25, 0.3) is 0 Å². The molecule has 0 saturated heterocycles. The Bertz CT molecular complexity index is 349. The molecular weight excluding hydrogens is 224 g/mol. The number of hydrogen-bond acceptors (Lipinski definition) is 5. The third-order valence-corrected chi connectivity index (χ3v) is 1.93. The van der Waals surface area contributed by atoms with Gasteiger partial charge in [-0.15, -0.1) is 0 Å². The summed E-state index contributed by atoms with van der Waals surface area (Å²) in [6.45, 7) is 2.77. The van der Waals surface area contributed by atoms with Crippen LogP contribution < -0.4 is 0 Å². The summed E-state index contributed by atoms with van der Waals surface area (Å²) in [4.78, 5) is 20.9. The van der Waals surface area contributed by atoms with Crippen molar-refractivity contribution in [2.75, 3.05) is 6.61 Å². The van der Waals surface area contributed by atoms with E-state index in [0.29, 0.717) is 6.42 Å². The molecule has 0 heterocycles. The molecule has 0 fully saturated rings. The second-order valence-electron chi connectivity index (χ2n) is 3.22. The van der Waals surface area contributed by atoms with Gasteiger partial charge in [0.2, 0.25) is 6.29 Å². The molecule has 91 valence electrons. The Hall–Kier alpha value is -2.04. The fraction of sp³-hybridized carbons (Fsp3) is 0.333. The third-order valence-electron chi connectivity index (χ3n) is 1.93. The van der Waals surface area contributed by atoms with Crippen molar-refractivity contribution in [3.05, 3.63) is 35.9 Å². The molecule has 0 aliphatic heterocycles. The fourth-order valence-electron chi connectivity index (χ4n) is 1.16. The minimum Gasteiger partial charge on any atom is -0.434 e. The molecule has 1 atom stereocenters. The minimum absolute atomic E-state index is 0.209. The molecular formula is C12H13O5. The molecule has 5 nitrogen and oxygen atoms in total. The van der Waals surface area contributed by atoms with Gasteiger partial charge < -0.3 is 14.2 Å². The molecule has 0 amide bonds. The van der Waals surface area contributed by atoms with Gasteiger partial charge in [-0.3, -0.25) is 0 Å². The zero-order valence-electron chi connectivity index (χ0n) is 9.42. The van der Waals surface area contributed by atoms with E-state index in [2.05, 4.69) is 9.47 Å². The lowest BCUT2D eigenvalue weighted by atomic mass is 10.2. The summed E-state index contributed by atoms with van der Waals surface area (Å²) in [5.41, 5.74) is 1.06. The molecule has 17 heavy (non-hydrogen) atoms. The molecule has 1 rings (SSSR count). The lowest BCUT2D eigenvalue weighted by Crippen LogP contribution is -2.19. The summed E-state index contributed by atoms with van der Waals surface area (Å²) in [7, 11) is 0. The molecule has 0 bridgehead atoms. The monoisotopic (exact) mass is 237 g/mol. The molecule has 1 aromatic rings.